The van der Waals surface area contributed by atoms with Gasteiger partial charge in [0.05, 0.1) is 0 Å². The van der Waals surface area contributed by atoms with E-state index in [4.69, 9.17) is 0 Å². The third kappa shape index (κ3) is 2.41. The first-order valence-corrected chi connectivity index (χ1v) is 9.04. The quantitative estimate of drug-likeness (QED) is 0.143. The van der Waals surface area contributed by atoms with Crippen molar-refractivity contribution in [1.82, 2.24) is 0 Å². The topological polar surface area (TPSA) is 0 Å². The predicted octanol–water partition coefficient (Wildman–Crippen LogP) is 7.45. The van der Waals surface area contributed by atoms with E-state index in [2.05, 4.69) is 97.1 Å². The summed E-state index contributed by atoms with van der Waals surface area (Å²) in [5, 5.41) is 13.2. The van der Waals surface area contributed by atoms with Crippen molar-refractivity contribution in [1.29, 1.82) is 0 Å². The summed E-state index contributed by atoms with van der Waals surface area (Å²) in [4.78, 5) is 0. The van der Waals surface area contributed by atoms with E-state index in [1.807, 2.05) is 0 Å². The zero-order chi connectivity index (χ0) is 17.1. The minimum absolute atomic E-state index is 0. The molecule has 6 rings (SSSR count). The van der Waals surface area contributed by atoms with E-state index >= 15 is 0 Å². The number of fused-ring (bicyclic) bond motifs is 8. The van der Waals surface area contributed by atoms with Gasteiger partial charge >= 0.3 is 0 Å². The average molecular weight is 523 g/mol. The van der Waals surface area contributed by atoms with Crippen LogP contribution in [-0.2, 0) is 21.1 Å². The first-order valence-electron chi connectivity index (χ1n) is 9.04. The van der Waals surface area contributed by atoms with Crippen LogP contribution in [0.5, 0.6) is 0 Å². The monoisotopic (exact) mass is 523 g/mol. The van der Waals surface area contributed by atoms with Crippen molar-refractivity contribution in [2.45, 2.75) is 0 Å². The fourth-order valence-electron chi connectivity index (χ4n) is 4.33. The summed E-state index contributed by atoms with van der Waals surface area (Å²) in [6, 6.07) is 35.5. The smallest absolute Gasteiger partial charge is 0 e. The van der Waals surface area contributed by atoms with Crippen molar-refractivity contribution in [2.75, 3.05) is 0 Å². The summed E-state index contributed by atoms with van der Waals surface area (Å²) < 4.78 is 0. The molecule has 0 aromatic heterocycles. The van der Waals surface area contributed by atoms with Crippen LogP contribution >= 0.6 is 0 Å². The maximum absolute atomic E-state index is 2.33. The minimum Gasteiger partial charge on any atom is -0.0616 e. The van der Waals surface area contributed by atoms with Gasteiger partial charge in [-0.05, 0) is 66.0 Å². The second kappa shape index (κ2) is 6.18. The van der Waals surface area contributed by atoms with E-state index in [1.54, 1.807) is 0 Å². The summed E-state index contributed by atoms with van der Waals surface area (Å²) in [5.41, 5.74) is 0. The van der Waals surface area contributed by atoms with Crippen LogP contribution in [0.4, 0.5) is 0 Å². The Morgan fingerprint density at radius 2 is 0.778 bits per heavy atom. The van der Waals surface area contributed by atoms with Crippen molar-refractivity contribution in [2.24, 2.45) is 0 Å². The van der Waals surface area contributed by atoms with Gasteiger partial charge in [0, 0.05) is 21.1 Å². The third-order valence-electron chi connectivity index (χ3n) is 5.61. The Morgan fingerprint density at radius 3 is 1.52 bits per heavy atom. The van der Waals surface area contributed by atoms with Crippen molar-refractivity contribution in [3.8, 4) is 0 Å². The Bertz CT molecular complexity index is 1470. The van der Waals surface area contributed by atoms with Crippen LogP contribution in [0.25, 0.3) is 53.9 Å². The molecule has 6 aromatic rings. The first kappa shape index (κ1) is 16.5. The molecule has 0 spiro atoms. The van der Waals surface area contributed by atoms with Crippen LogP contribution in [0.2, 0.25) is 0 Å². The molecule has 0 nitrogen and oxygen atoms in total. The molecule has 0 radical (unpaired) electrons. The van der Waals surface area contributed by atoms with Gasteiger partial charge in [0.25, 0.3) is 0 Å². The van der Waals surface area contributed by atoms with Crippen LogP contribution in [0.3, 0.4) is 0 Å². The van der Waals surface area contributed by atoms with E-state index < -0.39 is 0 Å². The van der Waals surface area contributed by atoms with Gasteiger partial charge in [0.15, 0.2) is 0 Å². The van der Waals surface area contributed by atoms with Crippen molar-refractivity contribution in [3.05, 3.63) is 97.1 Å². The van der Waals surface area contributed by atoms with E-state index in [9.17, 15) is 0 Å². The van der Waals surface area contributed by atoms with E-state index in [-0.39, 0.29) is 21.1 Å². The summed E-state index contributed by atoms with van der Waals surface area (Å²) in [7, 11) is 0. The van der Waals surface area contributed by atoms with Gasteiger partial charge in [-0.3, -0.25) is 0 Å². The Morgan fingerprint density at radius 1 is 0.296 bits per heavy atom. The molecule has 0 fully saturated rings. The fourth-order valence-corrected chi connectivity index (χ4v) is 4.33. The Labute approximate surface area is 171 Å². The normalized spacial score (nSPS) is 11.4. The Balaban J connectivity index is 0.00000160. The minimum atomic E-state index is 0. The van der Waals surface area contributed by atoms with Crippen LogP contribution in [0.15, 0.2) is 97.1 Å². The van der Waals surface area contributed by atoms with Crippen LogP contribution in [0, 0.1) is 0 Å². The molecular formula is C26H16Pt. The maximum atomic E-state index is 2.33. The molecule has 0 heterocycles. The Hall–Kier alpha value is -2.69. The molecule has 0 atom stereocenters. The molecule has 130 valence electrons. The number of hydrogen-bond acceptors (Lipinski definition) is 0. The van der Waals surface area contributed by atoms with Gasteiger partial charge in [-0.2, -0.15) is 0 Å². The van der Waals surface area contributed by atoms with Gasteiger partial charge < -0.3 is 0 Å². The standard InChI is InChI=1S/C26H16.Pt/c1-2-7-19-16-26-20(15-18(19)6-1)10-12-24-23-11-9-17-5-3-4-8-21(17)22(23)13-14-25(24)26;/h1-16H;. The molecule has 0 N–H and O–H groups in total. The zero-order valence-corrected chi connectivity index (χ0v) is 16.8. The SMILES string of the molecule is [Pt].c1ccc2cc3c(ccc4c3ccc3c5ccccc5ccc34)cc2c1. The summed E-state index contributed by atoms with van der Waals surface area (Å²) >= 11 is 0. The van der Waals surface area contributed by atoms with Gasteiger partial charge in [-0.15, -0.1) is 0 Å². The van der Waals surface area contributed by atoms with Gasteiger partial charge in [0.2, 0.25) is 0 Å². The van der Waals surface area contributed by atoms with E-state index in [0.717, 1.165) is 0 Å². The predicted molar refractivity (Wildman–Crippen MR) is 114 cm³/mol. The molecule has 0 aliphatic carbocycles. The number of hydrogen-bond donors (Lipinski definition) is 0. The molecule has 0 bridgehead atoms. The molecule has 6 aromatic carbocycles. The van der Waals surface area contributed by atoms with Crippen LogP contribution in [-0.4, -0.2) is 0 Å². The van der Waals surface area contributed by atoms with E-state index in [0.29, 0.717) is 0 Å². The summed E-state index contributed by atoms with van der Waals surface area (Å²) in [6.45, 7) is 0. The van der Waals surface area contributed by atoms with Gasteiger partial charge in [-0.25, -0.2) is 0 Å². The second-order valence-corrected chi connectivity index (χ2v) is 7.03. The fraction of sp³-hybridized carbons (Fsp3) is 0. The van der Waals surface area contributed by atoms with Crippen LogP contribution < -0.4 is 0 Å². The van der Waals surface area contributed by atoms with Crippen molar-refractivity contribution >= 4 is 53.9 Å². The molecule has 0 saturated carbocycles. The molecule has 0 aliphatic heterocycles. The average Bonchev–Trinajstić information content (AvgIpc) is 2.71. The third-order valence-corrected chi connectivity index (χ3v) is 5.61. The number of rotatable bonds is 0. The largest absolute Gasteiger partial charge is 0.0616 e. The molecule has 27 heavy (non-hydrogen) atoms. The summed E-state index contributed by atoms with van der Waals surface area (Å²) in [5.74, 6) is 0. The van der Waals surface area contributed by atoms with Crippen LogP contribution in [0.1, 0.15) is 0 Å². The van der Waals surface area contributed by atoms with Gasteiger partial charge in [0.1, 0.15) is 0 Å². The maximum Gasteiger partial charge on any atom is 0 e. The molecule has 1 heteroatoms. The first-order chi connectivity index (χ1) is 12.9. The second-order valence-electron chi connectivity index (χ2n) is 7.03. The van der Waals surface area contributed by atoms with E-state index in [1.165, 1.54) is 53.9 Å². The molecule has 0 amide bonds. The molecule has 0 saturated heterocycles. The summed E-state index contributed by atoms with van der Waals surface area (Å²) in [6.07, 6.45) is 0. The Kier molecular flexibility index (Phi) is 3.77. The molecular weight excluding hydrogens is 507 g/mol. The van der Waals surface area contributed by atoms with Crippen molar-refractivity contribution in [3.63, 3.8) is 0 Å². The molecule has 0 unspecified atom stereocenters. The molecule has 0 aliphatic rings. The zero-order valence-electron chi connectivity index (χ0n) is 14.6. The van der Waals surface area contributed by atoms with Gasteiger partial charge in [-0.1, -0.05) is 84.9 Å². The van der Waals surface area contributed by atoms with Crippen molar-refractivity contribution < 1.29 is 21.1 Å². The number of benzene rings is 6.